The van der Waals surface area contributed by atoms with E-state index in [9.17, 15) is 0 Å². The van der Waals surface area contributed by atoms with Crippen molar-refractivity contribution in [2.24, 2.45) is 0 Å². The summed E-state index contributed by atoms with van der Waals surface area (Å²) in [6, 6.07) is 15.3. The fourth-order valence-corrected chi connectivity index (χ4v) is 4.48. The standard InChI is InChI=1S/C23H24N2O.2ClH/c1-16-13-20(15-19-3-2-10-25-22(16)19)17-4-5-21-18(14-17)6-7-23(26-21)8-11-24-12-9-23;;/h2-5,10,13-15,24H,6-9,11-12H2,1H3;2*1H. The first-order chi connectivity index (χ1) is 12.7. The number of benzene rings is 2. The van der Waals surface area contributed by atoms with Crippen molar-refractivity contribution in [3.8, 4) is 16.9 Å². The summed E-state index contributed by atoms with van der Waals surface area (Å²) in [4.78, 5) is 4.51. The summed E-state index contributed by atoms with van der Waals surface area (Å²) in [5, 5.41) is 4.64. The van der Waals surface area contributed by atoms with Crippen LogP contribution in [0.2, 0.25) is 0 Å². The summed E-state index contributed by atoms with van der Waals surface area (Å²) in [7, 11) is 0. The molecule has 1 fully saturated rings. The highest BCUT2D eigenvalue weighted by atomic mass is 35.5. The van der Waals surface area contributed by atoms with E-state index in [0.717, 1.165) is 50.0 Å². The van der Waals surface area contributed by atoms with Crippen molar-refractivity contribution in [2.75, 3.05) is 13.1 Å². The van der Waals surface area contributed by atoms with Crippen LogP contribution in [0.15, 0.2) is 48.7 Å². The third-order valence-electron chi connectivity index (χ3n) is 5.98. The number of fused-ring (bicyclic) bond motifs is 2. The molecule has 1 N–H and O–H groups in total. The Bertz CT molecular complexity index is 983. The van der Waals surface area contributed by atoms with Crippen molar-refractivity contribution in [1.29, 1.82) is 0 Å². The number of aryl methyl sites for hydroxylation is 2. The van der Waals surface area contributed by atoms with Crippen LogP contribution in [-0.4, -0.2) is 23.7 Å². The summed E-state index contributed by atoms with van der Waals surface area (Å²) < 4.78 is 6.50. The molecule has 1 aromatic heterocycles. The lowest BCUT2D eigenvalue weighted by molar-refractivity contribution is 0.0170. The van der Waals surface area contributed by atoms with Gasteiger partial charge in [-0.25, -0.2) is 0 Å². The predicted octanol–water partition coefficient (Wildman–Crippen LogP) is 5.50. The van der Waals surface area contributed by atoms with E-state index in [1.807, 2.05) is 12.3 Å². The number of hydrogen-bond donors (Lipinski definition) is 1. The normalized spacial score (nSPS) is 17.2. The minimum Gasteiger partial charge on any atom is -0.487 e. The molecule has 0 saturated carbocycles. The topological polar surface area (TPSA) is 34.1 Å². The van der Waals surface area contributed by atoms with E-state index in [-0.39, 0.29) is 30.4 Å². The van der Waals surface area contributed by atoms with Crippen molar-refractivity contribution >= 4 is 35.7 Å². The maximum atomic E-state index is 6.50. The lowest BCUT2D eigenvalue weighted by Crippen LogP contribution is -2.48. The molecule has 3 aromatic rings. The Morgan fingerprint density at radius 3 is 2.61 bits per heavy atom. The third-order valence-corrected chi connectivity index (χ3v) is 5.98. The molecule has 0 atom stereocenters. The first-order valence-electron chi connectivity index (χ1n) is 9.61. The highest BCUT2D eigenvalue weighted by molar-refractivity contribution is 5.87. The maximum Gasteiger partial charge on any atom is 0.123 e. The third kappa shape index (κ3) is 3.71. The zero-order chi connectivity index (χ0) is 17.6. The molecule has 0 bridgehead atoms. The van der Waals surface area contributed by atoms with Gasteiger partial charge in [-0.05, 0) is 98.3 Å². The van der Waals surface area contributed by atoms with Gasteiger partial charge < -0.3 is 10.1 Å². The molecule has 5 rings (SSSR count). The molecule has 2 aliphatic rings. The van der Waals surface area contributed by atoms with Gasteiger partial charge in [-0.3, -0.25) is 4.98 Å². The number of halogens is 2. The van der Waals surface area contributed by atoms with E-state index in [4.69, 9.17) is 4.74 Å². The van der Waals surface area contributed by atoms with Crippen LogP contribution < -0.4 is 10.1 Å². The number of rotatable bonds is 1. The molecule has 1 saturated heterocycles. The van der Waals surface area contributed by atoms with Crippen LogP contribution in [0.25, 0.3) is 22.0 Å². The lowest BCUT2D eigenvalue weighted by Gasteiger charge is -2.41. The Hall–Kier alpha value is -1.81. The lowest BCUT2D eigenvalue weighted by atomic mass is 9.83. The molecule has 0 unspecified atom stereocenters. The molecule has 1 spiro atoms. The number of nitrogens with one attached hydrogen (secondary N) is 1. The Balaban J connectivity index is 0.00000112. The second-order valence-electron chi connectivity index (χ2n) is 7.73. The maximum absolute atomic E-state index is 6.50. The van der Waals surface area contributed by atoms with Gasteiger partial charge in [0.1, 0.15) is 11.4 Å². The molecular formula is C23H26Cl2N2O. The fraction of sp³-hybridized carbons (Fsp3) is 0.348. The van der Waals surface area contributed by atoms with Crippen LogP contribution in [0.1, 0.15) is 30.4 Å². The fourth-order valence-electron chi connectivity index (χ4n) is 4.48. The Labute approximate surface area is 178 Å². The van der Waals surface area contributed by atoms with Gasteiger partial charge in [0.05, 0.1) is 5.52 Å². The van der Waals surface area contributed by atoms with Crippen LogP contribution in [0.5, 0.6) is 5.75 Å². The molecule has 28 heavy (non-hydrogen) atoms. The van der Waals surface area contributed by atoms with Gasteiger partial charge in [0, 0.05) is 11.6 Å². The van der Waals surface area contributed by atoms with Gasteiger partial charge in [-0.2, -0.15) is 0 Å². The summed E-state index contributed by atoms with van der Waals surface area (Å²) >= 11 is 0. The number of nitrogens with zero attached hydrogens (tertiary/aromatic N) is 1. The predicted molar refractivity (Wildman–Crippen MR) is 120 cm³/mol. The number of pyridine rings is 1. The first kappa shape index (κ1) is 20.9. The molecule has 2 aromatic carbocycles. The molecule has 0 radical (unpaired) electrons. The Kier molecular flexibility index (Phi) is 6.18. The van der Waals surface area contributed by atoms with E-state index in [0.29, 0.717) is 0 Å². The van der Waals surface area contributed by atoms with Gasteiger partial charge in [-0.15, -0.1) is 24.8 Å². The van der Waals surface area contributed by atoms with E-state index < -0.39 is 0 Å². The summed E-state index contributed by atoms with van der Waals surface area (Å²) in [5.74, 6) is 1.08. The van der Waals surface area contributed by atoms with Crippen molar-refractivity contribution in [2.45, 2.75) is 38.2 Å². The minimum absolute atomic E-state index is 0. The Morgan fingerprint density at radius 2 is 1.79 bits per heavy atom. The molecule has 5 heteroatoms. The van der Waals surface area contributed by atoms with Crippen LogP contribution >= 0.6 is 24.8 Å². The van der Waals surface area contributed by atoms with Crippen LogP contribution in [0.3, 0.4) is 0 Å². The zero-order valence-electron chi connectivity index (χ0n) is 16.0. The smallest absolute Gasteiger partial charge is 0.123 e. The van der Waals surface area contributed by atoms with Gasteiger partial charge in [0.25, 0.3) is 0 Å². The average molecular weight is 417 g/mol. The van der Waals surface area contributed by atoms with Crippen molar-refractivity contribution in [3.05, 3.63) is 59.8 Å². The number of hydrogen-bond acceptors (Lipinski definition) is 3. The molecule has 148 valence electrons. The van der Waals surface area contributed by atoms with Crippen molar-refractivity contribution in [3.63, 3.8) is 0 Å². The minimum atomic E-state index is 0. The van der Waals surface area contributed by atoms with Crippen molar-refractivity contribution in [1.82, 2.24) is 10.3 Å². The summed E-state index contributed by atoms with van der Waals surface area (Å²) in [6.45, 7) is 4.27. The van der Waals surface area contributed by atoms with Gasteiger partial charge in [0.15, 0.2) is 0 Å². The van der Waals surface area contributed by atoms with Crippen LogP contribution in [0, 0.1) is 6.92 Å². The number of aromatic nitrogens is 1. The van der Waals surface area contributed by atoms with E-state index in [1.54, 1.807) is 0 Å². The zero-order valence-corrected chi connectivity index (χ0v) is 17.7. The van der Waals surface area contributed by atoms with Crippen LogP contribution in [-0.2, 0) is 6.42 Å². The highest BCUT2D eigenvalue weighted by Gasteiger charge is 2.37. The van der Waals surface area contributed by atoms with E-state index >= 15 is 0 Å². The molecule has 3 nitrogen and oxygen atoms in total. The first-order valence-corrected chi connectivity index (χ1v) is 9.61. The molecule has 3 heterocycles. The summed E-state index contributed by atoms with van der Waals surface area (Å²) in [5.41, 5.74) is 6.24. The second-order valence-corrected chi connectivity index (χ2v) is 7.73. The molecule has 2 aliphatic heterocycles. The second kappa shape index (κ2) is 8.28. The summed E-state index contributed by atoms with van der Waals surface area (Å²) in [6.07, 6.45) is 6.33. The molecular weight excluding hydrogens is 391 g/mol. The number of piperidine rings is 1. The monoisotopic (exact) mass is 416 g/mol. The van der Waals surface area contributed by atoms with E-state index in [2.05, 4.69) is 53.6 Å². The van der Waals surface area contributed by atoms with E-state index in [1.165, 1.54) is 27.6 Å². The highest BCUT2D eigenvalue weighted by Crippen LogP contribution is 2.40. The van der Waals surface area contributed by atoms with Gasteiger partial charge >= 0.3 is 0 Å². The molecule has 0 amide bonds. The Morgan fingerprint density at radius 1 is 0.964 bits per heavy atom. The molecule has 0 aliphatic carbocycles. The van der Waals surface area contributed by atoms with Gasteiger partial charge in [0.2, 0.25) is 0 Å². The van der Waals surface area contributed by atoms with Crippen molar-refractivity contribution < 1.29 is 4.74 Å². The average Bonchev–Trinajstić information content (AvgIpc) is 2.68. The quantitative estimate of drug-likeness (QED) is 0.568. The van der Waals surface area contributed by atoms with Gasteiger partial charge in [-0.1, -0.05) is 12.1 Å². The SMILES string of the molecule is Cc1cc(-c2ccc3c(c2)CCC2(CCNCC2)O3)cc2cccnc12.Cl.Cl. The van der Waals surface area contributed by atoms with Crippen LogP contribution in [0.4, 0.5) is 0 Å². The largest absolute Gasteiger partial charge is 0.487 e. The number of ether oxygens (including phenoxy) is 1.